The fourth-order valence-electron chi connectivity index (χ4n) is 3.36. The van der Waals surface area contributed by atoms with Crippen molar-refractivity contribution in [1.29, 1.82) is 0 Å². The van der Waals surface area contributed by atoms with Crippen molar-refractivity contribution < 1.29 is 19.1 Å². The predicted octanol–water partition coefficient (Wildman–Crippen LogP) is 4.26. The van der Waals surface area contributed by atoms with Gasteiger partial charge in [0.25, 0.3) is 0 Å². The molecule has 0 aliphatic carbocycles. The van der Waals surface area contributed by atoms with Gasteiger partial charge < -0.3 is 19.8 Å². The smallest absolute Gasteiger partial charge is 0.332 e. The van der Waals surface area contributed by atoms with Gasteiger partial charge in [-0.3, -0.25) is 4.79 Å². The van der Waals surface area contributed by atoms with E-state index in [1.54, 1.807) is 10.8 Å². The highest BCUT2D eigenvalue weighted by Gasteiger charge is 2.34. The number of benzene rings is 2. The van der Waals surface area contributed by atoms with Crippen LogP contribution in [0.1, 0.15) is 25.8 Å². The Labute approximate surface area is 188 Å². The van der Waals surface area contributed by atoms with Crippen molar-refractivity contribution in [3.63, 3.8) is 0 Å². The number of fused-ring (bicyclic) bond motifs is 1. The Hall–Kier alpha value is -3.38. The average Bonchev–Trinajstić information content (AvgIpc) is 3.10. The highest BCUT2D eigenvalue weighted by Crippen LogP contribution is 2.30. The van der Waals surface area contributed by atoms with Gasteiger partial charge in [-0.05, 0) is 30.0 Å². The maximum Gasteiger partial charge on any atom is 0.332 e. The van der Waals surface area contributed by atoms with E-state index in [0.29, 0.717) is 18.3 Å². The van der Waals surface area contributed by atoms with E-state index in [1.165, 1.54) is 6.08 Å². The Morgan fingerprint density at radius 1 is 1.12 bits per heavy atom. The first-order valence-corrected chi connectivity index (χ1v) is 10.7. The van der Waals surface area contributed by atoms with Gasteiger partial charge in [0.05, 0.1) is 25.1 Å². The van der Waals surface area contributed by atoms with Gasteiger partial charge >= 0.3 is 11.9 Å². The zero-order chi connectivity index (χ0) is 23.1. The maximum absolute atomic E-state index is 12.7. The topological polar surface area (TPSA) is 83.5 Å². The third kappa shape index (κ3) is 5.65. The lowest BCUT2D eigenvalue weighted by atomic mass is 10.0. The second kappa shape index (κ2) is 10.3. The van der Waals surface area contributed by atoms with Crippen molar-refractivity contribution in [2.75, 3.05) is 6.61 Å². The number of ether oxygens (including phenoxy) is 2. The van der Waals surface area contributed by atoms with Gasteiger partial charge in [0.1, 0.15) is 0 Å². The lowest BCUT2D eigenvalue weighted by molar-refractivity contribution is -0.149. The SMILES string of the molecule is C=CC(N)(Cn1cc(OC(=O)Cc2ccccc2)c2ccccc21)C(=O)OCCC(C)C. The van der Waals surface area contributed by atoms with E-state index in [-0.39, 0.29) is 18.9 Å². The summed E-state index contributed by atoms with van der Waals surface area (Å²) in [5.74, 6) is -0.0650. The minimum atomic E-state index is -1.41. The Morgan fingerprint density at radius 2 is 1.81 bits per heavy atom. The Morgan fingerprint density at radius 3 is 2.50 bits per heavy atom. The molecule has 3 rings (SSSR count). The minimum absolute atomic E-state index is 0.105. The van der Waals surface area contributed by atoms with E-state index < -0.39 is 11.5 Å². The van der Waals surface area contributed by atoms with Crippen LogP contribution in [0, 0.1) is 5.92 Å². The van der Waals surface area contributed by atoms with Gasteiger partial charge in [-0.1, -0.05) is 62.4 Å². The molecule has 1 heterocycles. The van der Waals surface area contributed by atoms with Crippen molar-refractivity contribution in [3.8, 4) is 5.75 Å². The summed E-state index contributed by atoms with van der Waals surface area (Å²) in [5, 5.41) is 0.758. The third-order valence-electron chi connectivity index (χ3n) is 5.27. The Balaban J connectivity index is 1.80. The van der Waals surface area contributed by atoms with Gasteiger partial charge in [-0.2, -0.15) is 0 Å². The molecule has 3 aromatic rings. The molecule has 0 fully saturated rings. The number of carbonyl (C=O) groups excluding carboxylic acids is 2. The highest BCUT2D eigenvalue weighted by atomic mass is 16.5. The Kier molecular flexibility index (Phi) is 7.49. The summed E-state index contributed by atoms with van der Waals surface area (Å²) in [6.45, 7) is 8.28. The largest absolute Gasteiger partial charge is 0.464 e. The van der Waals surface area contributed by atoms with E-state index in [1.807, 2.05) is 54.6 Å². The predicted molar refractivity (Wildman–Crippen MR) is 125 cm³/mol. The number of carbonyl (C=O) groups is 2. The van der Waals surface area contributed by atoms with Gasteiger partial charge in [-0.25, -0.2) is 4.79 Å². The molecule has 0 radical (unpaired) electrons. The van der Waals surface area contributed by atoms with E-state index in [9.17, 15) is 9.59 Å². The van der Waals surface area contributed by atoms with Gasteiger partial charge in [-0.15, -0.1) is 6.58 Å². The molecule has 1 aromatic heterocycles. The van der Waals surface area contributed by atoms with Crippen LogP contribution in [0.25, 0.3) is 10.9 Å². The van der Waals surface area contributed by atoms with Crippen LogP contribution in [-0.2, 0) is 27.3 Å². The van der Waals surface area contributed by atoms with Crippen molar-refractivity contribution in [3.05, 3.63) is 79.0 Å². The van der Waals surface area contributed by atoms with Crippen LogP contribution in [0.5, 0.6) is 5.75 Å². The van der Waals surface area contributed by atoms with Crippen LogP contribution < -0.4 is 10.5 Å². The summed E-state index contributed by atoms with van der Waals surface area (Å²) in [4.78, 5) is 25.2. The minimum Gasteiger partial charge on any atom is -0.464 e. The molecule has 0 saturated carbocycles. The second-order valence-electron chi connectivity index (χ2n) is 8.34. The van der Waals surface area contributed by atoms with Gasteiger partial charge in [0, 0.05) is 11.6 Å². The summed E-state index contributed by atoms with van der Waals surface area (Å²) < 4.78 is 12.9. The molecule has 0 saturated heterocycles. The standard InChI is InChI=1S/C26H30N2O4/c1-4-26(27,25(30)31-15-14-19(2)3)18-28-17-23(21-12-8-9-13-22(21)28)32-24(29)16-20-10-6-5-7-11-20/h4-13,17,19H,1,14-16,18,27H2,2-3H3. The lowest BCUT2D eigenvalue weighted by Crippen LogP contribution is -2.50. The number of aromatic nitrogens is 1. The van der Waals surface area contributed by atoms with Crippen molar-refractivity contribution in [2.45, 2.75) is 38.8 Å². The summed E-state index contributed by atoms with van der Waals surface area (Å²) in [5.41, 5.74) is 6.63. The van der Waals surface area contributed by atoms with Crippen LogP contribution in [0.2, 0.25) is 0 Å². The number of nitrogens with two attached hydrogens (primary N) is 1. The third-order valence-corrected chi connectivity index (χ3v) is 5.27. The molecule has 6 heteroatoms. The Bertz CT molecular complexity index is 1090. The van der Waals surface area contributed by atoms with Crippen LogP contribution in [0.4, 0.5) is 0 Å². The number of para-hydroxylation sites is 1. The average molecular weight is 435 g/mol. The molecule has 6 nitrogen and oxygen atoms in total. The molecule has 0 spiro atoms. The van der Waals surface area contributed by atoms with E-state index in [0.717, 1.165) is 22.9 Å². The summed E-state index contributed by atoms with van der Waals surface area (Å²) in [6.07, 6.45) is 4.02. The summed E-state index contributed by atoms with van der Waals surface area (Å²) in [6, 6.07) is 16.9. The molecular weight excluding hydrogens is 404 g/mol. The zero-order valence-electron chi connectivity index (χ0n) is 18.6. The van der Waals surface area contributed by atoms with E-state index in [4.69, 9.17) is 15.2 Å². The second-order valence-corrected chi connectivity index (χ2v) is 8.34. The monoisotopic (exact) mass is 434 g/mol. The molecule has 2 N–H and O–H groups in total. The first-order valence-electron chi connectivity index (χ1n) is 10.7. The molecule has 1 atom stereocenters. The number of hydrogen-bond acceptors (Lipinski definition) is 5. The molecule has 0 bridgehead atoms. The molecule has 2 aromatic carbocycles. The number of nitrogens with zero attached hydrogens (tertiary/aromatic N) is 1. The summed E-state index contributed by atoms with van der Waals surface area (Å²) in [7, 11) is 0. The number of rotatable bonds is 10. The molecular formula is C26H30N2O4. The van der Waals surface area contributed by atoms with Crippen molar-refractivity contribution in [1.82, 2.24) is 4.57 Å². The molecule has 1 unspecified atom stereocenters. The number of hydrogen-bond donors (Lipinski definition) is 1. The normalized spacial score (nSPS) is 13.0. The van der Waals surface area contributed by atoms with Crippen molar-refractivity contribution >= 4 is 22.8 Å². The molecule has 0 aliphatic heterocycles. The quantitative estimate of drug-likeness (QED) is 0.381. The highest BCUT2D eigenvalue weighted by molar-refractivity contribution is 5.90. The first kappa shape index (κ1) is 23.3. The van der Waals surface area contributed by atoms with Gasteiger partial charge in [0.2, 0.25) is 0 Å². The molecule has 0 amide bonds. The van der Waals surface area contributed by atoms with Gasteiger partial charge in [0.15, 0.2) is 11.3 Å². The van der Waals surface area contributed by atoms with Crippen LogP contribution in [0.3, 0.4) is 0 Å². The molecule has 168 valence electrons. The maximum atomic E-state index is 12.7. The molecule has 32 heavy (non-hydrogen) atoms. The molecule has 0 aliphatic rings. The van der Waals surface area contributed by atoms with Crippen LogP contribution in [0.15, 0.2) is 73.4 Å². The van der Waals surface area contributed by atoms with Crippen LogP contribution in [-0.4, -0.2) is 28.7 Å². The number of esters is 2. The van der Waals surface area contributed by atoms with Crippen LogP contribution >= 0.6 is 0 Å². The zero-order valence-corrected chi connectivity index (χ0v) is 18.6. The fourth-order valence-corrected chi connectivity index (χ4v) is 3.36. The lowest BCUT2D eigenvalue weighted by Gasteiger charge is -2.24. The summed E-state index contributed by atoms with van der Waals surface area (Å²) >= 11 is 0. The van der Waals surface area contributed by atoms with E-state index in [2.05, 4.69) is 20.4 Å². The van der Waals surface area contributed by atoms with E-state index >= 15 is 0 Å². The van der Waals surface area contributed by atoms with Crippen molar-refractivity contribution in [2.24, 2.45) is 11.7 Å². The fraction of sp³-hybridized carbons (Fsp3) is 0.308. The first-order chi connectivity index (χ1) is 15.3.